The first-order valence-electron chi connectivity index (χ1n) is 0.383. The Morgan fingerprint density at radius 3 is 1.50 bits per heavy atom. The van der Waals surface area contributed by atoms with Crippen LogP contribution < -0.4 is 0 Å². The molecule has 0 saturated carbocycles. The van der Waals surface area contributed by atoms with E-state index in [9.17, 15) is 0 Å². The average Bonchev–Trinajstić information content (AvgIpc) is 0.918. The molecule has 0 aromatic carbocycles. The van der Waals surface area contributed by atoms with Crippen molar-refractivity contribution in [3.8, 4) is 0 Å². The molecule has 0 aromatic heterocycles. The Morgan fingerprint density at radius 2 is 1.50 bits per heavy atom. The Kier molecular flexibility index (Phi) is 104. The Bertz CT molecular complexity index is 21.0. The van der Waals surface area contributed by atoms with Crippen molar-refractivity contribution in [1.82, 2.24) is 0 Å². The van der Waals surface area contributed by atoms with Gasteiger partial charge in [-0.3, -0.25) is 0 Å². The van der Waals surface area contributed by atoms with Gasteiger partial charge < -0.3 is 4.89 Å². The number of hydrogen-bond acceptors (Lipinski definition) is 1. The maximum absolute atomic E-state index is 8.46. The van der Waals surface area contributed by atoms with Gasteiger partial charge in [0.1, 0.15) is 0 Å². The third kappa shape index (κ3) is 32.6. The van der Waals surface area contributed by atoms with E-state index in [2.05, 4.69) is 0 Å². The van der Waals surface area contributed by atoms with E-state index in [1.165, 1.54) is 0 Å². The summed E-state index contributed by atoms with van der Waals surface area (Å²) >= 11 is 0. The maximum atomic E-state index is 8.46. The molecule has 0 fully saturated rings. The molecule has 6 heavy (non-hydrogen) atoms. The van der Waals surface area contributed by atoms with Gasteiger partial charge in [0.05, 0.1) is 0 Å². The minimum atomic E-state index is -0.833. The molecule has 0 rings (SSSR count). The van der Waals surface area contributed by atoms with Crippen LogP contribution in [0.2, 0.25) is 0 Å². The van der Waals surface area contributed by atoms with E-state index in [-0.39, 0.29) is 70.6 Å². The third-order valence-electron chi connectivity index (χ3n) is 0. The SMILES string of the molecule is O=PO.[BiH3].[Fe].[PbH]. The monoisotopic (exact) mass is 541 g/mol. The van der Waals surface area contributed by atoms with Crippen LogP contribution in [0, 0.1) is 0 Å². The summed E-state index contributed by atoms with van der Waals surface area (Å²) in [5.74, 6) is 0. The van der Waals surface area contributed by atoms with Crippen molar-refractivity contribution >= 4 is 62.2 Å². The standard InChI is InChI=1S/Bi.Fe.HO2P.Pb.4H/c;;1-3-2;;;;;/h;;(H,1,2);;;;;. The molecular formula is H5BiFeO2PPb. The second-order valence-electron chi connectivity index (χ2n) is 0.0816. The van der Waals surface area contributed by atoms with Crippen LogP contribution >= 0.6 is 8.69 Å². The Labute approximate surface area is 87.5 Å². The molecule has 2 nitrogen and oxygen atoms in total. The summed E-state index contributed by atoms with van der Waals surface area (Å²) in [6, 6.07) is 0. The predicted molar refractivity (Wildman–Crippen MR) is 26.9 cm³/mol. The van der Waals surface area contributed by atoms with Crippen molar-refractivity contribution in [3.63, 3.8) is 0 Å². The quantitative estimate of drug-likeness (QED) is 0.296. The molecule has 0 aliphatic rings. The average molecular weight is 540 g/mol. The fourth-order valence-electron chi connectivity index (χ4n) is 0. The summed E-state index contributed by atoms with van der Waals surface area (Å²) in [6.07, 6.45) is 0. The van der Waals surface area contributed by atoms with Gasteiger partial charge in [-0.15, -0.1) is 0 Å². The van der Waals surface area contributed by atoms with Crippen LogP contribution in [0.5, 0.6) is 0 Å². The van der Waals surface area contributed by atoms with Crippen LogP contribution in [-0.2, 0) is 21.6 Å². The summed E-state index contributed by atoms with van der Waals surface area (Å²) in [7, 11) is -0.833. The second kappa shape index (κ2) is 26.3. The fraction of sp³-hybridized carbons (Fsp3) is 0. The van der Waals surface area contributed by atoms with E-state index in [0.29, 0.717) is 0 Å². The van der Waals surface area contributed by atoms with Crippen molar-refractivity contribution < 1.29 is 26.5 Å². The topological polar surface area (TPSA) is 37.3 Å². The first-order valence-corrected chi connectivity index (χ1v) is 1.15. The van der Waals surface area contributed by atoms with Crippen molar-refractivity contribution in [1.29, 1.82) is 0 Å². The van der Waals surface area contributed by atoms with E-state index in [1.54, 1.807) is 0 Å². The molecule has 0 bridgehead atoms. The van der Waals surface area contributed by atoms with Crippen LogP contribution in [0.1, 0.15) is 0 Å². The van der Waals surface area contributed by atoms with Crippen LogP contribution in [0.4, 0.5) is 0 Å². The van der Waals surface area contributed by atoms with Crippen LogP contribution in [0.25, 0.3) is 0 Å². The first kappa shape index (κ1) is 23.8. The Balaban J connectivity index is -0.00000000667. The van der Waals surface area contributed by atoms with Gasteiger partial charge in [0.25, 0.3) is 0 Å². The van der Waals surface area contributed by atoms with Crippen molar-refractivity contribution in [3.05, 3.63) is 0 Å². The van der Waals surface area contributed by atoms with Crippen LogP contribution in [0.3, 0.4) is 0 Å². The van der Waals surface area contributed by atoms with Gasteiger partial charge in [-0.1, -0.05) is 0 Å². The van der Waals surface area contributed by atoms with Gasteiger partial charge in [-0.2, -0.15) is 0 Å². The molecule has 3 radical (unpaired) electrons. The summed E-state index contributed by atoms with van der Waals surface area (Å²) in [6.45, 7) is 0. The van der Waals surface area contributed by atoms with Gasteiger partial charge in [0.15, 0.2) is 0 Å². The molecule has 0 aliphatic carbocycles. The summed E-state index contributed by atoms with van der Waals surface area (Å²) < 4.78 is 8.46. The molecule has 0 amide bonds. The molecule has 0 unspecified atom stereocenters. The Morgan fingerprint density at radius 1 is 1.50 bits per heavy atom. The van der Waals surface area contributed by atoms with E-state index in [4.69, 9.17) is 9.46 Å². The number of rotatable bonds is 0. The fourth-order valence-corrected chi connectivity index (χ4v) is 0. The van der Waals surface area contributed by atoms with Gasteiger partial charge in [-0.05, 0) is 0 Å². The molecule has 0 saturated heterocycles. The van der Waals surface area contributed by atoms with Gasteiger partial charge in [0, 0.05) is 17.1 Å². The van der Waals surface area contributed by atoms with E-state index in [0.717, 1.165) is 0 Å². The zero-order valence-corrected chi connectivity index (χ0v) is 14.9. The minimum absolute atomic E-state index is 0. The number of hydrogen-bond donors (Lipinski definition) is 1. The van der Waals surface area contributed by atoms with Crippen molar-refractivity contribution in [2.45, 2.75) is 0 Å². The zero-order valence-electron chi connectivity index (χ0n) is 2.94. The molecule has 0 heterocycles. The second-order valence-corrected chi connectivity index (χ2v) is 0.245. The summed E-state index contributed by atoms with van der Waals surface area (Å²) in [5, 5.41) is 0. The van der Waals surface area contributed by atoms with Gasteiger partial charge >= 0.3 is 62.2 Å². The van der Waals surface area contributed by atoms with Crippen molar-refractivity contribution in [2.75, 3.05) is 0 Å². The van der Waals surface area contributed by atoms with Gasteiger partial charge in [-0.25, -0.2) is 4.57 Å². The predicted octanol–water partition coefficient (Wildman–Crippen LogP) is -1.65. The van der Waals surface area contributed by atoms with Crippen LogP contribution in [0.15, 0.2) is 0 Å². The van der Waals surface area contributed by atoms with Crippen LogP contribution in [-0.4, -0.2) is 58.4 Å². The molecule has 0 spiro atoms. The van der Waals surface area contributed by atoms with E-state index >= 15 is 0 Å². The normalized spacial score (nSPS) is 3.50. The molecule has 6 heteroatoms. The van der Waals surface area contributed by atoms with E-state index < -0.39 is 8.69 Å². The zero-order chi connectivity index (χ0) is 2.71. The summed E-state index contributed by atoms with van der Waals surface area (Å²) in [5.41, 5.74) is 0. The van der Waals surface area contributed by atoms with Crippen molar-refractivity contribution in [2.24, 2.45) is 0 Å². The first-order chi connectivity index (χ1) is 1.41. The summed E-state index contributed by atoms with van der Waals surface area (Å²) in [4.78, 5) is 6.99. The molecule has 0 atom stereocenters. The molecule has 0 aromatic rings. The molecule has 0 aliphatic heterocycles. The molecular weight excluding hydrogens is 535 g/mol. The molecule has 1 N–H and O–H groups in total. The Hall–Kier alpha value is 2.38. The van der Waals surface area contributed by atoms with Gasteiger partial charge in [0.2, 0.25) is 0 Å². The molecule has 39 valence electrons. The third-order valence-corrected chi connectivity index (χ3v) is 0. The van der Waals surface area contributed by atoms with E-state index in [1.807, 2.05) is 0 Å².